The van der Waals surface area contributed by atoms with E-state index in [-0.39, 0.29) is 46.6 Å². The molecule has 14 heteroatoms. The Morgan fingerprint density at radius 3 is 2.45 bits per heavy atom. The summed E-state index contributed by atoms with van der Waals surface area (Å²) in [5.41, 5.74) is 0.685. The smallest absolute Gasteiger partial charge is 0.369 e. The van der Waals surface area contributed by atoms with Gasteiger partial charge in [0.15, 0.2) is 15.6 Å². The van der Waals surface area contributed by atoms with Gasteiger partial charge in [0.05, 0.1) is 27.2 Å². The number of aromatic nitrogens is 2. The third-order valence-corrected chi connectivity index (χ3v) is 10.3. The molecule has 3 aliphatic rings. The molecule has 214 valence electrons. The number of ketones is 1. The fourth-order valence-corrected chi connectivity index (χ4v) is 7.55. The summed E-state index contributed by atoms with van der Waals surface area (Å²) >= 11 is 6.51. The Kier molecular flexibility index (Phi) is 7.96. The van der Waals surface area contributed by atoms with E-state index in [0.717, 1.165) is 38.1 Å². The van der Waals surface area contributed by atoms with Crippen LogP contribution in [0.2, 0.25) is 5.02 Å². The molecule has 2 aromatic rings. The van der Waals surface area contributed by atoms with Crippen LogP contribution in [0.25, 0.3) is 0 Å². The second-order valence-electron chi connectivity index (χ2n) is 10.4. The maximum atomic E-state index is 13.6. The van der Waals surface area contributed by atoms with Crippen LogP contribution in [0.5, 0.6) is 0 Å². The Morgan fingerprint density at radius 1 is 1.10 bits per heavy atom. The van der Waals surface area contributed by atoms with Gasteiger partial charge in [0.1, 0.15) is 11.9 Å². The summed E-state index contributed by atoms with van der Waals surface area (Å²) < 4.78 is 65.2. The molecule has 0 N–H and O–H groups in total. The van der Waals surface area contributed by atoms with Crippen LogP contribution in [0.1, 0.15) is 48.3 Å². The number of hydrogen-bond acceptors (Lipinski definition) is 9. The highest BCUT2D eigenvalue weighted by molar-refractivity contribution is 7.92. The van der Waals surface area contributed by atoms with Crippen molar-refractivity contribution in [2.45, 2.75) is 54.5 Å². The van der Waals surface area contributed by atoms with Crippen molar-refractivity contribution in [2.24, 2.45) is 0 Å². The van der Waals surface area contributed by atoms with E-state index >= 15 is 0 Å². The van der Waals surface area contributed by atoms with Gasteiger partial charge in [-0.1, -0.05) is 11.6 Å². The molecule has 0 amide bonds. The van der Waals surface area contributed by atoms with Crippen LogP contribution in [0.3, 0.4) is 0 Å². The van der Waals surface area contributed by atoms with Gasteiger partial charge in [-0.15, -0.1) is 0 Å². The number of alkyl halides is 3. The van der Waals surface area contributed by atoms with E-state index < -0.39 is 39.9 Å². The molecule has 40 heavy (non-hydrogen) atoms. The molecule has 9 nitrogen and oxygen atoms in total. The Morgan fingerprint density at radius 2 is 1.82 bits per heavy atom. The second-order valence-corrected chi connectivity index (χ2v) is 13.0. The van der Waals surface area contributed by atoms with Gasteiger partial charge < -0.3 is 9.80 Å². The number of rotatable bonds is 8. The van der Waals surface area contributed by atoms with Crippen LogP contribution in [0.15, 0.2) is 29.3 Å². The van der Waals surface area contributed by atoms with E-state index in [1.807, 2.05) is 0 Å². The SMILES string of the molecule is N#Cc1ncc(C(=O)CCC(F)(F)F)c(N2CC[C@H](S(=O)(=O)c3ccc(N4CCN(C5CC5)CC4)cc3Cl)C2)n1. The topological polar surface area (TPSA) is 110 Å². The van der Waals surface area contributed by atoms with Crippen LogP contribution in [-0.4, -0.2) is 85.8 Å². The van der Waals surface area contributed by atoms with Crippen LogP contribution in [-0.2, 0) is 9.84 Å². The largest absolute Gasteiger partial charge is 0.389 e. The monoisotopic (exact) mass is 596 g/mol. The standard InChI is InChI=1S/C26H28ClF3N6O3S/c27-21-13-18(35-11-9-34(10-12-35)17-1-2-17)3-4-23(21)40(38,39)19-6-8-36(16-19)25-20(15-32-24(14-31)33-25)22(37)5-7-26(28,29)30/h3-4,13,15,17,19H,1-2,5-12,16H2/t19-/m0/s1. The molecule has 0 radical (unpaired) electrons. The lowest BCUT2D eigenvalue weighted by molar-refractivity contribution is -0.133. The highest BCUT2D eigenvalue weighted by Crippen LogP contribution is 2.35. The van der Waals surface area contributed by atoms with Crippen molar-refractivity contribution in [1.29, 1.82) is 5.26 Å². The third kappa shape index (κ3) is 6.19. The van der Waals surface area contributed by atoms with Crippen molar-refractivity contribution in [3.63, 3.8) is 0 Å². The number of sulfone groups is 1. The minimum Gasteiger partial charge on any atom is -0.369 e. The van der Waals surface area contributed by atoms with Crippen LogP contribution in [0, 0.1) is 11.3 Å². The number of carbonyl (C=O) groups is 1. The molecule has 2 aliphatic heterocycles. The number of piperazine rings is 1. The van der Waals surface area contributed by atoms with E-state index in [2.05, 4.69) is 19.8 Å². The molecule has 1 aromatic heterocycles. The maximum absolute atomic E-state index is 13.6. The Hall–Kier alpha value is -2.95. The molecule has 0 unspecified atom stereocenters. The van der Waals surface area contributed by atoms with Gasteiger partial charge in [0, 0.05) is 63.6 Å². The van der Waals surface area contributed by atoms with Crippen LogP contribution < -0.4 is 9.80 Å². The first-order valence-corrected chi connectivity index (χ1v) is 15.0. The molecular formula is C26H28ClF3N6O3S. The first-order valence-electron chi connectivity index (χ1n) is 13.1. The molecule has 0 spiro atoms. The second kappa shape index (κ2) is 11.1. The molecule has 1 saturated carbocycles. The summed E-state index contributed by atoms with van der Waals surface area (Å²) in [5.74, 6) is -1.15. The van der Waals surface area contributed by atoms with Gasteiger partial charge >= 0.3 is 6.18 Å². The highest BCUT2D eigenvalue weighted by Gasteiger charge is 2.38. The maximum Gasteiger partial charge on any atom is 0.389 e. The normalized spacial score (nSPS) is 20.5. The predicted octanol–water partition coefficient (Wildman–Crippen LogP) is 3.86. The average molecular weight is 597 g/mol. The fraction of sp³-hybridized carbons (Fsp3) is 0.538. The molecule has 0 bridgehead atoms. The first-order chi connectivity index (χ1) is 19.0. The molecule has 2 saturated heterocycles. The zero-order valence-corrected chi connectivity index (χ0v) is 23.1. The van der Waals surface area contributed by atoms with Crippen LogP contribution in [0.4, 0.5) is 24.7 Å². The number of Topliss-reactive ketones (excluding diaryl/α,β-unsaturated/α-hetero) is 1. The van der Waals surface area contributed by atoms with Crippen molar-refractivity contribution >= 4 is 38.7 Å². The van der Waals surface area contributed by atoms with Gasteiger partial charge in [-0.3, -0.25) is 9.69 Å². The minimum atomic E-state index is -4.52. The summed E-state index contributed by atoms with van der Waals surface area (Å²) in [6, 6.07) is 7.41. The summed E-state index contributed by atoms with van der Waals surface area (Å²) in [7, 11) is -3.89. The van der Waals surface area contributed by atoms with E-state index in [0.29, 0.717) is 6.04 Å². The first kappa shape index (κ1) is 28.6. The lowest BCUT2D eigenvalue weighted by atomic mass is 10.1. The molecule has 5 rings (SSSR count). The Balaban J connectivity index is 1.31. The van der Waals surface area contributed by atoms with Gasteiger partial charge in [-0.2, -0.15) is 18.4 Å². The van der Waals surface area contributed by atoms with Crippen molar-refractivity contribution in [3.8, 4) is 6.07 Å². The summed E-state index contributed by atoms with van der Waals surface area (Å²) in [6.07, 6.45) is -2.92. The van der Waals surface area contributed by atoms with E-state index in [9.17, 15) is 31.6 Å². The molecule has 1 atom stereocenters. The summed E-state index contributed by atoms with van der Waals surface area (Å²) in [5, 5.41) is 8.45. The number of halogens is 4. The summed E-state index contributed by atoms with van der Waals surface area (Å²) in [6.45, 7) is 3.70. The van der Waals surface area contributed by atoms with Gasteiger partial charge in [0.2, 0.25) is 5.82 Å². The van der Waals surface area contributed by atoms with Gasteiger partial charge in [-0.05, 0) is 37.5 Å². The van der Waals surface area contributed by atoms with Crippen LogP contribution >= 0.6 is 11.6 Å². The van der Waals surface area contributed by atoms with Crippen molar-refractivity contribution in [3.05, 3.63) is 40.8 Å². The molecule has 3 heterocycles. The molecular weight excluding hydrogens is 569 g/mol. The number of nitrogens with zero attached hydrogens (tertiary/aromatic N) is 6. The van der Waals surface area contributed by atoms with Gasteiger partial charge in [0.25, 0.3) is 0 Å². The van der Waals surface area contributed by atoms with E-state index in [1.54, 1.807) is 18.2 Å². The van der Waals surface area contributed by atoms with Crippen molar-refractivity contribution < 1.29 is 26.4 Å². The molecule has 1 aromatic carbocycles. The number of nitriles is 1. The fourth-order valence-electron chi connectivity index (χ4n) is 5.31. The van der Waals surface area contributed by atoms with E-state index in [4.69, 9.17) is 11.6 Å². The number of benzene rings is 1. The highest BCUT2D eigenvalue weighted by atomic mass is 35.5. The minimum absolute atomic E-state index is 0.00302. The molecule has 1 aliphatic carbocycles. The van der Waals surface area contributed by atoms with E-state index in [1.165, 1.54) is 23.8 Å². The number of anilines is 2. The summed E-state index contributed by atoms with van der Waals surface area (Å²) in [4.78, 5) is 26.6. The van der Waals surface area contributed by atoms with Gasteiger partial charge in [-0.25, -0.2) is 18.4 Å². The lowest BCUT2D eigenvalue weighted by Crippen LogP contribution is -2.47. The Labute approximate surface area is 235 Å². The van der Waals surface area contributed by atoms with Crippen molar-refractivity contribution in [1.82, 2.24) is 14.9 Å². The average Bonchev–Trinajstić information content (AvgIpc) is 3.66. The zero-order chi connectivity index (χ0) is 28.7. The quantitative estimate of drug-likeness (QED) is 0.419. The third-order valence-electron chi connectivity index (χ3n) is 7.65. The Bertz CT molecular complexity index is 1440. The molecule has 3 fully saturated rings. The van der Waals surface area contributed by atoms with Crippen molar-refractivity contribution in [2.75, 3.05) is 49.1 Å². The zero-order valence-electron chi connectivity index (χ0n) is 21.6. The lowest BCUT2D eigenvalue weighted by Gasteiger charge is -2.36. The number of carbonyl (C=O) groups excluding carboxylic acids is 1. The predicted molar refractivity (Wildman–Crippen MR) is 142 cm³/mol. The number of hydrogen-bond donors (Lipinski definition) is 0.